The number of likely N-dealkylation sites (tertiary alicyclic amines) is 1. The van der Waals surface area contributed by atoms with Gasteiger partial charge in [0.15, 0.2) is 0 Å². The number of carbonyl (C=O) groups excluding carboxylic acids is 1. The smallest absolute Gasteiger partial charge is 0.235 e. The molecule has 0 spiro atoms. The zero-order chi connectivity index (χ0) is 11.4. The van der Waals surface area contributed by atoms with Gasteiger partial charge in [0, 0.05) is 20.2 Å². The van der Waals surface area contributed by atoms with E-state index in [1.807, 2.05) is 0 Å². The molecule has 0 aromatic rings. The first kappa shape index (κ1) is 12.4. The van der Waals surface area contributed by atoms with Gasteiger partial charge in [-0.15, -0.1) is 0 Å². The predicted octanol–water partition coefficient (Wildman–Crippen LogP) is -0.844. The summed E-state index contributed by atoms with van der Waals surface area (Å²) in [5, 5.41) is 0. The lowest BCUT2D eigenvalue weighted by molar-refractivity contribution is -0.120. The molecular formula is C10H21N3O2. The van der Waals surface area contributed by atoms with E-state index >= 15 is 0 Å². The summed E-state index contributed by atoms with van der Waals surface area (Å²) in [6, 6.07) is -0.573. The number of amides is 1. The van der Waals surface area contributed by atoms with Crippen LogP contribution in [0.2, 0.25) is 0 Å². The quantitative estimate of drug-likeness (QED) is 0.640. The molecule has 1 aliphatic rings. The highest BCUT2D eigenvalue weighted by atomic mass is 16.5. The Morgan fingerprint density at radius 2 is 2.33 bits per heavy atom. The fourth-order valence-corrected chi connectivity index (χ4v) is 1.94. The highest BCUT2D eigenvalue weighted by molar-refractivity contribution is 5.79. The largest absolute Gasteiger partial charge is 0.380 e. The van der Waals surface area contributed by atoms with Crippen molar-refractivity contribution in [2.45, 2.75) is 25.5 Å². The van der Waals surface area contributed by atoms with Crippen molar-refractivity contribution in [3.8, 4) is 0 Å². The van der Waals surface area contributed by atoms with Gasteiger partial charge in [0.1, 0.15) is 0 Å². The van der Waals surface area contributed by atoms with E-state index in [9.17, 15) is 4.79 Å². The van der Waals surface area contributed by atoms with Gasteiger partial charge in [0.05, 0.1) is 12.1 Å². The van der Waals surface area contributed by atoms with Gasteiger partial charge in [-0.3, -0.25) is 9.69 Å². The molecule has 5 heteroatoms. The number of ether oxygens (including phenoxy) is 1. The van der Waals surface area contributed by atoms with Crippen LogP contribution >= 0.6 is 0 Å². The minimum Gasteiger partial charge on any atom is -0.380 e. The number of piperidine rings is 1. The molecule has 0 aromatic carbocycles. The van der Waals surface area contributed by atoms with Crippen LogP contribution in [0, 0.1) is 5.92 Å². The Labute approximate surface area is 90.7 Å². The summed E-state index contributed by atoms with van der Waals surface area (Å²) < 4.78 is 5.38. The number of methoxy groups -OCH3 is 1. The van der Waals surface area contributed by atoms with Crippen LogP contribution in [0.3, 0.4) is 0 Å². The number of carbonyl (C=O) groups is 1. The molecule has 5 nitrogen and oxygen atoms in total. The molecule has 0 bridgehead atoms. The van der Waals surface area contributed by atoms with Gasteiger partial charge in [-0.05, 0) is 18.9 Å². The van der Waals surface area contributed by atoms with Crippen molar-refractivity contribution in [3.05, 3.63) is 0 Å². The molecule has 4 N–H and O–H groups in total. The zero-order valence-electron chi connectivity index (χ0n) is 9.48. The number of primary amides is 1. The van der Waals surface area contributed by atoms with Crippen LogP contribution in [0.1, 0.15) is 13.3 Å². The Bertz CT molecular complexity index is 223. The van der Waals surface area contributed by atoms with Crippen molar-refractivity contribution in [2.75, 3.05) is 26.7 Å². The SMILES string of the molecule is COC1CN(CC(N)C(N)=O)CCC1C. The normalized spacial score (nSPS) is 30.1. The standard InChI is InChI=1S/C10H21N3O2/c1-7-3-4-13(6-9(7)15-2)5-8(11)10(12)14/h7-9H,3-6,11H2,1-2H3,(H2,12,14). The molecule has 1 amide bonds. The number of nitrogens with two attached hydrogens (primary N) is 2. The van der Waals surface area contributed by atoms with E-state index in [4.69, 9.17) is 16.2 Å². The molecular weight excluding hydrogens is 194 g/mol. The number of hydrogen-bond donors (Lipinski definition) is 2. The lowest BCUT2D eigenvalue weighted by atomic mass is 9.95. The van der Waals surface area contributed by atoms with E-state index in [1.54, 1.807) is 7.11 Å². The molecule has 1 fully saturated rings. The maximum Gasteiger partial charge on any atom is 0.235 e. The molecule has 0 radical (unpaired) electrons. The predicted molar refractivity (Wildman–Crippen MR) is 58.2 cm³/mol. The van der Waals surface area contributed by atoms with Crippen LogP contribution in [0.25, 0.3) is 0 Å². The van der Waals surface area contributed by atoms with E-state index in [0.717, 1.165) is 19.5 Å². The molecule has 1 aliphatic heterocycles. The fourth-order valence-electron chi connectivity index (χ4n) is 1.94. The van der Waals surface area contributed by atoms with Crippen molar-refractivity contribution in [3.63, 3.8) is 0 Å². The summed E-state index contributed by atoms with van der Waals surface area (Å²) in [6.07, 6.45) is 1.31. The third-order valence-corrected chi connectivity index (χ3v) is 3.10. The highest BCUT2D eigenvalue weighted by Crippen LogP contribution is 2.19. The van der Waals surface area contributed by atoms with Gasteiger partial charge in [-0.25, -0.2) is 0 Å². The second-order valence-corrected chi connectivity index (χ2v) is 4.31. The Balaban J connectivity index is 2.41. The molecule has 1 rings (SSSR count). The molecule has 88 valence electrons. The van der Waals surface area contributed by atoms with Crippen LogP contribution in [0.15, 0.2) is 0 Å². The minimum atomic E-state index is -0.573. The number of nitrogens with zero attached hydrogens (tertiary/aromatic N) is 1. The maximum atomic E-state index is 10.8. The highest BCUT2D eigenvalue weighted by Gasteiger charge is 2.27. The summed E-state index contributed by atoms with van der Waals surface area (Å²) in [5.74, 6) is 0.124. The number of hydrogen-bond acceptors (Lipinski definition) is 4. The third kappa shape index (κ3) is 3.44. The maximum absolute atomic E-state index is 10.8. The second kappa shape index (κ2) is 5.44. The Hall–Kier alpha value is -0.650. The summed E-state index contributed by atoms with van der Waals surface area (Å²) in [5.41, 5.74) is 10.7. The minimum absolute atomic E-state index is 0.235. The van der Waals surface area contributed by atoms with Crippen LogP contribution < -0.4 is 11.5 Å². The topological polar surface area (TPSA) is 81.6 Å². The van der Waals surface area contributed by atoms with Crippen molar-refractivity contribution in [2.24, 2.45) is 17.4 Å². The first-order chi connectivity index (χ1) is 7.04. The van der Waals surface area contributed by atoms with Crippen LogP contribution in [-0.2, 0) is 9.53 Å². The third-order valence-electron chi connectivity index (χ3n) is 3.10. The lowest BCUT2D eigenvalue weighted by Crippen LogP contribution is -2.51. The molecule has 15 heavy (non-hydrogen) atoms. The Morgan fingerprint density at radius 3 is 2.87 bits per heavy atom. The lowest BCUT2D eigenvalue weighted by Gasteiger charge is -2.36. The molecule has 3 atom stereocenters. The first-order valence-corrected chi connectivity index (χ1v) is 5.34. The molecule has 0 aromatic heterocycles. The van der Waals surface area contributed by atoms with Crippen LogP contribution in [0.4, 0.5) is 0 Å². The first-order valence-electron chi connectivity index (χ1n) is 5.34. The summed E-state index contributed by atoms with van der Waals surface area (Å²) >= 11 is 0. The van der Waals surface area contributed by atoms with Crippen molar-refractivity contribution < 1.29 is 9.53 Å². The summed E-state index contributed by atoms with van der Waals surface area (Å²) in [4.78, 5) is 13.0. The second-order valence-electron chi connectivity index (χ2n) is 4.31. The van der Waals surface area contributed by atoms with E-state index < -0.39 is 11.9 Å². The zero-order valence-corrected chi connectivity index (χ0v) is 9.48. The average molecular weight is 215 g/mol. The van der Waals surface area contributed by atoms with Crippen molar-refractivity contribution in [1.82, 2.24) is 4.90 Å². The van der Waals surface area contributed by atoms with Crippen LogP contribution in [0.5, 0.6) is 0 Å². The van der Waals surface area contributed by atoms with E-state index in [2.05, 4.69) is 11.8 Å². The van der Waals surface area contributed by atoms with E-state index in [1.165, 1.54) is 0 Å². The van der Waals surface area contributed by atoms with Gasteiger partial charge in [-0.1, -0.05) is 6.92 Å². The summed E-state index contributed by atoms with van der Waals surface area (Å²) in [6.45, 7) is 4.50. The monoisotopic (exact) mass is 215 g/mol. The van der Waals surface area contributed by atoms with Gasteiger partial charge >= 0.3 is 0 Å². The van der Waals surface area contributed by atoms with Gasteiger partial charge in [0.2, 0.25) is 5.91 Å². The molecule has 0 aliphatic carbocycles. The van der Waals surface area contributed by atoms with E-state index in [0.29, 0.717) is 12.5 Å². The molecule has 3 unspecified atom stereocenters. The van der Waals surface area contributed by atoms with Gasteiger partial charge in [0.25, 0.3) is 0 Å². The average Bonchev–Trinajstić information content (AvgIpc) is 2.20. The van der Waals surface area contributed by atoms with Crippen molar-refractivity contribution >= 4 is 5.91 Å². The Kier molecular flexibility index (Phi) is 4.50. The van der Waals surface area contributed by atoms with E-state index in [-0.39, 0.29) is 6.10 Å². The molecule has 0 saturated carbocycles. The summed E-state index contributed by atoms with van der Waals surface area (Å²) in [7, 11) is 1.72. The fraction of sp³-hybridized carbons (Fsp3) is 0.900. The van der Waals surface area contributed by atoms with Gasteiger partial charge < -0.3 is 16.2 Å². The molecule has 1 heterocycles. The molecule has 1 saturated heterocycles. The van der Waals surface area contributed by atoms with Crippen LogP contribution in [-0.4, -0.2) is 49.7 Å². The Morgan fingerprint density at radius 1 is 1.67 bits per heavy atom. The number of rotatable bonds is 4. The van der Waals surface area contributed by atoms with Gasteiger partial charge in [-0.2, -0.15) is 0 Å². The van der Waals surface area contributed by atoms with Crippen molar-refractivity contribution in [1.29, 1.82) is 0 Å².